The Labute approximate surface area is 124 Å². The number of halogens is 1. The SMILES string of the molecule is Cc1cccc(Cl)c1NC(=O)OC1CN2CCC1CC2. The van der Waals surface area contributed by atoms with Gasteiger partial charge in [0.15, 0.2) is 0 Å². The van der Waals surface area contributed by atoms with Crippen LogP contribution in [0.1, 0.15) is 18.4 Å². The first-order chi connectivity index (χ1) is 9.63. The van der Waals surface area contributed by atoms with Crippen molar-refractivity contribution in [3.63, 3.8) is 0 Å². The highest BCUT2D eigenvalue weighted by atomic mass is 35.5. The molecule has 1 aromatic rings. The van der Waals surface area contributed by atoms with Gasteiger partial charge >= 0.3 is 6.09 Å². The number of aryl methyl sites for hydroxylation is 1. The zero-order chi connectivity index (χ0) is 14.1. The average Bonchev–Trinajstić information content (AvgIpc) is 2.44. The number of ether oxygens (including phenoxy) is 1. The zero-order valence-corrected chi connectivity index (χ0v) is 12.3. The summed E-state index contributed by atoms with van der Waals surface area (Å²) in [6, 6.07) is 5.54. The van der Waals surface area contributed by atoms with Gasteiger partial charge in [-0.2, -0.15) is 0 Å². The molecule has 0 radical (unpaired) electrons. The Hall–Kier alpha value is -1.26. The lowest BCUT2D eigenvalue weighted by Gasteiger charge is -2.43. The number of nitrogens with zero attached hydrogens (tertiary/aromatic N) is 1. The van der Waals surface area contributed by atoms with Gasteiger partial charge in [0.05, 0.1) is 10.7 Å². The fourth-order valence-electron chi connectivity index (χ4n) is 3.10. The molecular formula is C15H19ClN2O2. The van der Waals surface area contributed by atoms with E-state index < -0.39 is 6.09 Å². The van der Waals surface area contributed by atoms with Crippen LogP contribution in [0.2, 0.25) is 5.02 Å². The van der Waals surface area contributed by atoms with Gasteiger partial charge in [0.1, 0.15) is 6.10 Å². The maximum atomic E-state index is 12.1. The maximum absolute atomic E-state index is 12.1. The molecule has 3 aliphatic rings. The summed E-state index contributed by atoms with van der Waals surface area (Å²) in [4.78, 5) is 14.4. The summed E-state index contributed by atoms with van der Waals surface area (Å²) in [7, 11) is 0. The predicted molar refractivity (Wildman–Crippen MR) is 79.2 cm³/mol. The van der Waals surface area contributed by atoms with Crippen LogP contribution in [0.3, 0.4) is 0 Å². The van der Waals surface area contributed by atoms with Gasteiger partial charge in [0.25, 0.3) is 0 Å². The third-order valence-electron chi connectivity index (χ3n) is 4.30. The third-order valence-corrected chi connectivity index (χ3v) is 4.62. The molecule has 3 saturated heterocycles. The van der Waals surface area contributed by atoms with Gasteiger partial charge in [0, 0.05) is 6.54 Å². The van der Waals surface area contributed by atoms with E-state index in [9.17, 15) is 4.79 Å². The van der Waals surface area contributed by atoms with E-state index in [1.165, 1.54) is 0 Å². The van der Waals surface area contributed by atoms with E-state index in [0.29, 0.717) is 16.6 Å². The number of carbonyl (C=O) groups excluding carboxylic acids is 1. The number of amides is 1. The second-order valence-electron chi connectivity index (χ2n) is 5.64. The summed E-state index contributed by atoms with van der Waals surface area (Å²) in [5.74, 6) is 0.512. The number of hydrogen-bond donors (Lipinski definition) is 1. The molecule has 1 atom stereocenters. The summed E-state index contributed by atoms with van der Waals surface area (Å²) in [6.45, 7) is 5.04. The summed E-state index contributed by atoms with van der Waals surface area (Å²) < 4.78 is 5.59. The molecule has 108 valence electrons. The Morgan fingerprint density at radius 2 is 2.15 bits per heavy atom. The summed E-state index contributed by atoms with van der Waals surface area (Å²) in [6.07, 6.45) is 1.87. The molecule has 1 unspecified atom stereocenters. The van der Waals surface area contributed by atoms with E-state index in [0.717, 1.165) is 38.0 Å². The Morgan fingerprint density at radius 3 is 2.75 bits per heavy atom. The van der Waals surface area contributed by atoms with Gasteiger partial charge in [-0.25, -0.2) is 4.79 Å². The molecule has 0 spiro atoms. The largest absolute Gasteiger partial charge is 0.444 e. The number of piperidine rings is 3. The minimum Gasteiger partial charge on any atom is -0.444 e. The molecule has 1 N–H and O–H groups in total. The van der Waals surface area contributed by atoms with Crippen molar-refractivity contribution in [2.75, 3.05) is 25.0 Å². The molecule has 4 rings (SSSR count). The maximum Gasteiger partial charge on any atom is 0.412 e. The number of anilines is 1. The molecule has 3 aliphatic heterocycles. The monoisotopic (exact) mass is 294 g/mol. The van der Waals surface area contributed by atoms with E-state index in [1.807, 2.05) is 19.1 Å². The lowest BCUT2D eigenvalue weighted by Crippen LogP contribution is -2.52. The molecule has 0 saturated carbocycles. The molecule has 20 heavy (non-hydrogen) atoms. The van der Waals surface area contributed by atoms with Crippen molar-refractivity contribution in [1.82, 2.24) is 4.90 Å². The van der Waals surface area contributed by atoms with E-state index in [1.54, 1.807) is 6.07 Å². The normalized spacial score (nSPS) is 28.2. The van der Waals surface area contributed by atoms with Crippen molar-refractivity contribution in [3.05, 3.63) is 28.8 Å². The molecule has 3 fully saturated rings. The summed E-state index contributed by atoms with van der Waals surface area (Å²) >= 11 is 6.10. The topological polar surface area (TPSA) is 41.6 Å². The molecule has 3 heterocycles. The minimum atomic E-state index is -0.403. The zero-order valence-electron chi connectivity index (χ0n) is 11.6. The Kier molecular flexibility index (Phi) is 3.85. The fraction of sp³-hybridized carbons (Fsp3) is 0.533. The summed E-state index contributed by atoms with van der Waals surface area (Å²) in [5.41, 5.74) is 1.57. The fourth-order valence-corrected chi connectivity index (χ4v) is 3.37. The summed E-state index contributed by atoms with van der Waals surface area (Å²) in [5, 5.41) is 3.31. The van der Waals surface area contributed by atoms with Gasteiger partial charge in [-0.1, -0.05) is 23.7 Å². The van der Waals surface area contributed by atoms with E-state index in [-0.39, 0.29) is 6.10 Å². The molecule has 5 heteroatoms. The van der Waals surface area contributed by atoms with Crippen LogP contribution >= 0.6 is 11.6 Å². The number of hydrogen-bond acceptors (Lipinski definition) is 3. The molecular weight excluding hydrogens is 276 g/mol. The van der Waals surface area contributed by atoms with Crippen molar-refractivity contribution in [3.8, 4) is 0 Å². The Bertz CT molecular complexity index is 492. The van der Waals surface area contributed by atoms with Gasteiger partial charge in [-0.05, 0) is 50.4 Å². The van der Waals surface area contributed by atoms with Crippen molar-refractivity contribution in [2.45, 2.75) is 25.9 Å². The number of fused-ring (bicyclic) bond motifs is 3. The van der Waals surface area contributed by atoms with Crippen molar-refractivity contribution < 1.29 is 9.53 Å². The van der Waals surface area contributed by atoms with Gasteiger partial charge in [0.2, 0.25) is 0 Å². The Balaban J connectivity index is 1.63. The van der Waals surface area contributed by atoms with Crippen molar-refractivity contribution in [2.24, 2.45) is 5.92 Å². The lowest BCUT2D eigenvalue weighted by atomic mass is 9.86. The second-order valence-corrected chi connectivity index (χ2v) is 6.05. The average molecular weight is 295 g/mol. The van der Waals surface area contributed by atoms with Crippen LogP contribution in [0.15, 0.2) is 18.2 Å². The number of para-hydroxylation sites is 1. The van der Waals surface area contributed by atoms with Crippen LogP contribution in [0.5, 0.6) is 0 Å². The van der Waals surface area contributed by atoms with Crippen LogP contribution in [0.25, 0.3) is 0 Å². The Morgan fingerprint density at radius 1 is 1.40 bits per heavy atom. The smallest absolute Gasteiger partial charge is 0.412 e. The standard InChI is InChI=1S/C15H19ClN2O2/c1-10-3-2-4-12(16)14(10)17-15(19)20-13-9-18-7-5-11(13)6-8-18/h2-4,11,13H,5-9H2,1H3,(H,17,19). The van der Waals surface area contributed by atoms with Gasteiger partial charge < -0.3 is 4.74 Å². The number of benzene rings is 1. The number of rotatable bonds is 2. The minimum absolute atomic E-state index is 0.0142. The van der Waals surface area contributed by atoms with E-state index >= 15 is 0 Å². The van der Waals surface area contributed by atoms with Crippen LogP contribution in [-0.4, -0.2) is 36.7 Å². The first-order valence-electron chi connectivity index (χ1n) is 7.08. The van der Waals surface area contributed by atoms with Crippen molar-refractivity contribution in [1.29, 1.82) is 0 Å². The molecule has 0 aliphatic carbocycles. The van der Waals surface area contributed by atoms with Crippen LogP contribution < -0.4 is 5.32 Å². The van der Waals surface area contributed by atoms with E-state index in [4.69, 9.17) is 16.3 Å². The van der Waals surface area contributed by atoms with Gasteiger partial charge in [-0.3, -0.25) is 10.2 Å². The van der Waals surface area contributed by atoms with Crippen LogP contribution in [0.4, 0.5) is 10.5 Å². The quantitative estimate of drug-likeness (QED) is 0.910. The van der Waals surface area contributed by atoms with E-state index in [2.05, 4.69) is 10.2 Å². The number of carbonyl (C=O) groups is 1. The van der Waals surface area contributed by atoms with Crippen LogP contribution in [0, 0.1) is 12.8 Å². The third kappa shape index (κ3) is 2.76. The van der Waals surface area contributed by atoms with Crippen molar-refractivity contribution >= 4 is 23.4 Å². The highest BCUT2D eigenvalue weighted by Crippen LogP contribution is 2.30. The molecule has 4 nitrogen and oxygen atoms in total. The second kappa shape index (κ2) is 5.62. The molecule has 1 amide bonds. The first-order valence-corrected chi connectivity index (χ1v) is 7.46. The van der Waals surface area contributed by atoms with Gasteiger partial charge in [-0.15, -0.1) is 0 Å². The highest BCUT2D eigenvalue weighted by Gasteiger charge is 2.36. The first kappa shape index (κ1) is 13.7. The molecule has 2 bridgehead atoms. The highest BCUT2D eigenvalue weighted by molar-refractivity contribution is 6.33. The lowest BCUT2D eigenvalue weighted by molar-refractivity contribution is -0.0289. The molecule has 0 aromatic heterocycles. The predicted octanol–water partition coefficient (Wildman–Crippen LogP) is 3.29. The number of nitrogens with one attached hydrogen (secondary N) is 1. The molecule has 1 aromatic carbocycles. The van der Waals surface area contributed by atoms with Crippen LogP contribution in [-0.2, 0) is 4.74 Å².